The average molecular weight is 318 g/mol. The van der Waals surface area contributed by atoms with E-state index < -0.39 is 5.60 Å². The summed E-state index contributed by atoms with van der Waals surface area (Å²) in [5.74, 6) is 0.208. The number of hydrogen-bond acceptors (Lipinski definition) is 4. The highest BCUT2D eigenvalue weighted by Gasteiger charge is 2.37. The van der Waals surface area contributed by atoms with Gasteiger partial charge in [0.2, 0.25) is 5.91 Å². The van der Waals surface area contributed by atoms with Crippen molar-refractivity contribution in [2.75, 3.05) is 31.1 Å². The molecule has 0 atom stereocenters. The molecule has 1 saturated carbocycles. The molecule has 1 N–H and O–H groups in total. The number of anilines is 1. The van der Waals surface area contributed by atoms with Gasteiger partial charge in [-0.2, -0.15) is 5.10 Å². The Balaban J connectivity index is 1.32. The molecule has 1 aromatic rings. The summed E-state index contributed by atoms with van der Waals surface area (Å²) in [6.45, 7) is 3.49. The summed E-state index contributed by atoms with van der Waals surface area (Å²) in [6.07, 6.45) is 10.9. The summed E-state index contributed by atoms with van der Waals surface area (Å²) in [6, 6.07) is 0.369. The van der Waals surface area contributed by atoms with Gasteiger partial charge >= 0.3 is 0 Å². The monoisotopic (exact) mass is 318 g/mol. The number of amides is 1. The van der Waals surface area contributed by atoms with Crippen molar-refractivity contribution < 1.29 is 9.90 Å². The van der Waals surface area contributed by atoms with Crippen LogP contribution in [0.1, 0.15) is 51.0 Å². The van der Waals surface area contributed by atoms with Gasteiger partial charge in [0.1, 0.15) is 0 Å². The zero-order chi connectivity index (χ0) is 15.9. The van der Waals surface area contributed by atoms with Crippen LogP contribution in [-0.4, -0.2) is 57.5 Å². The number of likely N-dealkylation sites (tertiary alicyclic amines) is 1. The molecule has 3 aliphatic rings. The van der Waals surface area contributed by atoms with Gasteiger partial charge in [-0.1, -0.05) is 19.3 Å². The van der Waals surface area contributed by atoms with E-state index in [4.69, 9.17) is 0 Å². The molecule has 0 unspecified atom stereocenters. The van der Waals surface area contributed by atoms with Crippen molar-refractivity contribution in [3.63, 3.8) is 0 Å². The molecule has 0 radical (unpaired) electrons. The Kier molecular flexibility index (Phi) is 3.89. The molecular formula is C17H26N4O2. The van der Waals surface area contributed by atoms with E-state index in [1.54, 1.807) is 6.20 Å². The molecule has 126 valence electrons. The van der Waals surface area contributed by atoms with Crippen LogP contribution in [0.25, 0.3) is 0 Å². The Morgan fingerprint density at radius 2 is 2.00 bits per heavy atom. The third-order valence-electron chi connectivity index (χ3n) is 5.59. The molecule has 1 aliphatic carbocycles. The molecule has 2 aliphatic heterocycles. The number of rotatable bonds is 4. The molecule has 1 aromatic heterocycles. The van der Waals surface area contributed by atoms with Crippen molar-refractivity contribution in [2.24, 2.45) is 0 Å². The highest BCUT2D eigenvalue weighted by molar-refractivity contribution is 5.95. The number of hydrogen-bond donors (Lipinski definition) is 1. The van der Waals surface area contributed by atoms with Crippen LogP contribution in [0.2, 0.25) is 0 Å². The average Bonchev–Trinajstić information content (AvgIpc) is 3.12. The second-order valence-electron chi connectivity index (χ2n) is 7.46. The molecule has 3 fully saturated rings. The summed E-state index contributed by atoms with van der Waals surface area (Å²) < 4.78 is 1.99. The lowest BCUT2D eigenvalue weighted by atomic mass is 9.84. The summed E-state index contributed by atoms with van der Waals surface area (Å²) in [5.41, 5.74) is 0.456. The maximum atomic E-state index is 11.8. The Bertz CT molecular complexity index is 573. The van der Waals surface area contributed by atoms with Crippen LogP contribution in [0, 0.1) is 0 Å². The van der Waals surface area contributed by atoms with Crippen LogP contribution in [0.4, 0.5) is 5.69 Å². The van der Waals surface area contributed by atoms with Gasteiger partial charge < -0.3 is 10.0 Å². The summed E-state index contributed by atoms with van der Waals surface area (Å²) in [5, 5.41) is 15.1. The van der Waals surface area contributed by atoms with E-state index in [0.29, 0.717) is 12.5 Å². The lowest BCUT2D eigenvalue weighted by Gasteiger charge is -2.44. The molecule has 1 amide bonds. The Morgan fingerprint density at radius 3 is 2.70 bits per heavy atom. The topological polar surface area (TPSA) is 61.6 Å². The first-order valence-corrected chi connectivity index (χ1v) is 8.92. The van der Waals surface area contributed by atoms with E-state index in [2.05, 4.69) is 10.00 Å². The lowest BCUT2D eigenvalue weighted by Crippen LogP contribution is -2.54. The number of carbonyl (C=O) groups excluding carboxylic acids is 1. The highest BCUT2D eigenvalue weighted by atomic mass is 16.3. The first-order chi connectivity index (χ1) is 11.1. The summed E-state index contributed by atoms with van der Waals surface area (Å²) in [4.78, 5) is 16.0. The van der Waals surface area contributed by atoms with Crippen molar-refractivity contribution in [1.82, 2.24) is 14.7 Å². The van der Waals surface area contributed by atoms with Crippen LogP contribution in [-0.2, 0) is 4.79 Å². The second-order valence-corrected chi connectivity index (χ2v) is 7.46. The van der Waals surface area contributed by atoms with Gasteiger partial charge in [0.05, 0.1) is 23.5 Å². The van der Waals surface area contributed by atoms with Crippen molar-refractivity contribution in [2.45, 2.75) is 56.6 Å². The van der Waals surface area contributed by atoms with Gasteiger partial charge in [0, 0.05) is 38.8 Å². The Morgan fingerprint density at radius 1 is 1.22 bits per heavy atom. The molecule has 2 saturated heterocycles. The van der Waals surface area contributed by atoms with Gasteiger partial charge in [0.15, 0.2) is 0 Å². The minimum absolute atomic E-state index is 0.208. The van der Waals surface area contributed by atoms with Gasteiger partial charge in [-0.3, -0.25) is 14.4 Å². The molecule has 23 heavy (non-hydrogen) atoms. The van der Waals surface area contributed by atoms with Crippen molar-refractivity contribution in [1.29, 1.82) is 0 Å². The third-order valence-corrected chi connectivity index (χ3v) is 5.59. The smallest absolute Gasteiger partial charge is 0.227 e. The molecule has 3 heterocycles. The van der Waals surface area contributed by atoms with E-state index in [9.17, 15) is 9.90 Å². The van der Waals surface area contributed by atoms with Crippen LogP contribution in [0.5, 0.6) is 0 Å². The van der Waals surface area contributed by atoms with Crippen molar-refractivity contribution in [3.8, 4) is 0 Å². The van der Waals surface area contributed by atoms with Crippen LogP contribution >= 0.6 is 0 Å². The largest absolute Gasteiger partial charge is 0.389 e. The van der Waals surface area contributed by atoms with Gasteiger partial charge in [-0.15, -0.1) is 0 Å². The van der Waals surface area contributed by atoms with E-state index in [-0.39, 0.29) is 5.91 Å². The second kappa shape index (κ2) is 5.91. The fourth-order valence-electron chi connectivity index (χ4n) is 4.21. The summed E-state index contributed by atoms with van der Waals surface area (Å²) >= 11 is 0. The van der Waals surface area contributed by atoms with Gasteiger partial charge in [-0.25, -0.2) is 0 Å². The van der Waals surface area contributed by atoms with E-state index in [1.807, 2.05) is 15.8 Å². The minimum Gasteiger partial charge on any atom is -0.389 e. The van der Waals surface area contributed by atoms with Crippen LogP contribution in [0.3, 0.4) is 0 Å². The molecule has 0 spiro atoms. The fraction of sp³-hybridized carbons (Fsp3) is 0.765. The maximum Gasteiger partial charge on any atom is 0.227 e. The van der Waals surface area contributed by atoms with Crippen molar-refractivity contribution >= 4 is 11.6 Å². The zero-order valence-corrected chi connectivity index (χ0v) is 13.7. The zero-order valence-electron chi connectivity index (χ0n) is 13.7. The summed E-state index contributed by atoms with van der Waals surface area (Å²) in [7, 11) is 0. The minimum atomic E-state index is -0.472. The normalized spacial score (nSPS) is 25.8. The number of carbonyl (C=O) groups is 1. The molecular weight excluding hydrogens is 292 g/mol. The van der Waals surface area contributed by atoms with Crippen LogP contribution < -0.4 is 4.90 Å². The first-order valence-electron chi connectivity index (χ1n) is 8.92. The molecule has 0 bridgehead atoms. The number of aliphatic hydroxyl groups is 1. The Labute approximate surface area is 137 Å². The fourth-order valence-corrected chi connectivity index (χ4v) is 4.21. The number of β-amino-alcohol motifs (C(OH)–C–C–N with tert-alkyl or cyclic N) is 1. The first kappa shape index (κ1) is 15.1. The van der Waals surface area contributed by atoms with Crippen LogP contribution in [0.15, 0.2) is 12.4 Å². The SMILES string of the molecule is O=C1CCCN1c1cnn(C2CN(CC3(O)CCCCC3)C2)c1. The van der Waals surface area contributed by atoms with Gasteiger partial charge in [-0.05, 0) is 19.3 Å². The predicted molar refractivity (Wildman–Crippen MR) is 87.3 cm³/mol. The Hall–Kier alpha value is -1.40. The van der Waals surface area contributed by atoms with E-state index >= 15 is 0 Å². The van der Waals surface area contributed by atoms with Crippen molar-refractivity contribution in [3.05, 3.63) is 12.4 Å². The third kappa shape index (κ3) is 3.02. The van der Waals surface area contributed by atoms with E-state index in [0.717, 1.165) is 64.0 Å². The number of aromatic nitrogens is 2. The predicted octanol–water partition coefficient (Wildman–Crippen LogP) is 1.56. The number of nitrogens with zero attached hydrogens (tertiary/aromatic N) is 4. The maximum absolute atomic E-state index is 11.8. The highest BCUT2D eigenvalue weighted by Crippen LogP contribution is 2.32. The lowest BCUT2D eigenvalue weighted by molar-refractivity contribution is -0.117. The molecule has 4 rings (SSSR count). The van der Waals surface area contributed by atoms with Gasteiger partial charge in [0.25, 0.3) is 0 Å². The van der Waals surface area contributed by atoms with E-state index in [1.165, 1.54) is 6.42 Å². The molecule has 6 heteroatoms. The molecule has 0 aromatic carbocycles. The standard InChI is InChI=1S/C17H26N4O2/c22-16-5-4-8-20(16)14-9-18-21(12-14)15-10-19(11-15)13-17(23)6-2-1-3-7-17/h9,12,15,23H,1-8,10-11,13H2. The quantitative estimate of drug-likeness (QED) is 0.915. The molecule has 6 nitrogen and oxygen atoms in total.